The highest BCUT2D eigenvalue weighted by molar-refractivity contribution is 14.0. The van der Waals surface area contributed by atoms with Crippen molar-refractivity contribution < 1.29 is 19.1 Å². The van der Waals surface area contributed by atoms with Crippen molar-refractivity contribution in [3.05, 3.63) is 45.2 Å². The number of halogens is 1. The molecule has 0 aliphatic heterocycles. The molecule has 2 rings (SSSR count). The second-order valence-electron chi connectivity index (χ2n) is 5.62. The molecule has 0 aliphatic carbocycles. The summed E-state index contributed by atoms with van der Waals surface area (Å²) in [5.41, 5.74) is 2.31. The standard InChI is InChI=1S/C18H20N4O4S2.HI/c1-11-15(17(25)20-9-8-14(23)26-3)28-18(22(11)2)21-16(24)12-4-6-13(7-5-12)27-10-19;/h4-7,10,19H,8-9H2,1-3H3,(H,20,25);1H. The molecule has 0 fully saturated rings. The molecule has 0 saturated heterocycles. The van der Waals surface area contributed by atoms with E-state index >= 15 is 0 Å². The largest absolute Gasteiger partial charge is 0.469 e. The maximum absolute atomic E-state index is 12.4. The molecule has 0 radical (unpaired) electrons. The smallest absolute Gasteiger partial charge is 0.307 e. The van der Waals surface area contributed by atoms with E-state index in [1.54, 1.807) is 42.8 Å². The van der Waals surface area contributed by atoms with Crippen LogP contribution in [0.15, 0.2) is 34.2 Å². The number of thioether (sulfide) groups is 1. The van der Waals surface area contributed by atoms with Crippen molar-refractivity contribution in [3.63, 3.8) is 0 Å². The lowest BCUT2D eigenvalue weighted by Gasteiger charge is -2.03. The summed E-state index contributed by atoms with van der Waals surface area (Å²) >= 11 is 2.35. The first-order chi connectivity index (χ1) is 13.4. The molecule has 0 unspecified atom stereocenters. The van der Waals surface area contributed by atoms with Gasteiger partial charge in [-0.05, 0) is 31.2 Å². The second-order valence-corrected chi connectivity index (χ2v) is 7.54. The number of aromatic nitrogens is 1. The number of carbonyl (C=O) groups excluding carboxylic acids is 3. The maximum atomic E-state index is 12.4. The molecule has 1 heterocycles. The minimum atomic E-state index is -0.416. The molecule has 0 saturated carbocycles. The van der Waals surface area contributed by atoms with Gasteiger partial charge in [0.15, 0.2) is 4.80 Å². The van der Waals surface area contributed by atoms with Crippen molar-refractivity contribution >= 4 is 70.4 Å². The first kappa shape index (κ1) is 25.0. The van der Waals surface area contributed by atoms with Gasteiger partial charge in [-0.25, -0.2) is 0 Å². The Kier molecular flexibility index (Phi) is 10.3. The van der Waals surface area contributed by atoms with Crippen LogP contribution in [0.25, 0.3) is 0 Å². The molecule has 1 aromatic heterocycles. The Bertz CT molecular complexity index is 967. The number of amides is 2. The van der Waals surface area contributed by atoms with Crippen LogP contribution in [0.2, 0.25) is 0 Å². The predicted octanol–water partition coefficient (Wildman–Crippen LogP) is 2.75. The lowest BCUT2D eigenvalue weighted by atomic mass is 10.2. The van der Waals surface area contributed by atoms with Crippen LogP contribution in [-0.2, 0) is 16.6 Å². The molecule has 0 spiro atoms. The molecule has 0 atom stereocenters. The highest BCUT2D eigenvalue weighted by Crippen LogP contribution is 2.16. The number of ether oxygens (including phenoxy) is 1. The van der Waals surface area contributed by atoms with Gasteiger partial charge in [0, 0.05) is 29.7 Å². The van der Waals surface area contributed by atoms with E-state index in [0.29, 0.717) is 20.9 Å². The number of methoxy groups -OCH3 is 1. The van der Waals surface area contributed by atoms with E-state index in [4.69, 9.17) is 5.41 Å². The molecule has 1 aromatic carbocycles. The van der Waals surface area contributed by atoms with Gasteiger partial charge in [-0.15, -0.1) is 24.0 Å². The summed E-state index contributed by atoms with van der Waals surface area (Å²) < 4.78 is 6.21. The van der Waals surface area contributed by atoms with E-state index in [2.05, 4.69) is 15.0 Å². The topological polar surface area (TPSA) is 114 Å². The van der Waals surface area contributed by atoms with Crippen LogP contribution in [0.5, 0.6) is 0 Å². The molecule has 156 valence electrons. The molecule has 0 bridgehead atoms. The average molecular weight is 548 g/mol. The van der Waals surface area contributed by atoms with Gasteiger partial charge in [-0.1, -0.05) is 23.1 Å². The van der Waals surface area contributed by atoms with Crippen LogP contribution in [0.1, 0.15) is 32.1 Å². The minimum Gasteiger partial charge on any atom is -0.469 e. The summed E-state index contributed by atoms with van der Waals surface area (Å²) in [7, 11) is 3.02. The fourth-order valence-corrected chi connectivity index (χ4v) is 3.66. The summed E-state index contributed by atoms with van der Waals surface area (Å²) in [4.78, 5) is 41.7. The summed E-state index contributed by atoms with van der Waals surface area (Å²) in [5.74, 6) is -1.15. The Hall–Kier alpha value is -1.99. The lowest BCUT2D eigenvalue weighted by Crippen LogP contribution is -2.26. The van der Waals surface area contributed by atoms with Gasteiger partial charge in [-0.3, -0.25) is 14.4 Å². The number of carbonyl (C=O) groups is 3. The van der Waals surface area contributed by atoms with E-state index in [-0.39, 0.29) is 42.8 Å². The average Bonchev–Trinajstić information content (AvgIpc) is 2.97. The van der Waals surface area contributed by atoms with Gasteiger partial charge in [0.05, 0.1) is 19.1 Å². The molecule has 0 aliphatic rings. The van der Waals surface area contributed by atoms with Crippen molar-refractivity contribution in [3.8, 4) is 0 Å². The molecular weight excluding hydrogens is 527 g/mol. The SMILES string of the molecule is COC(=O)CCNC(=O)c1sc(=NC(=O)c2ccc(SC=N)cc2)n(C)c1C.I. The highest BCUT2D eigenvalue weighted by atomic mass is 127. The first-order valence-electron chi connectivity index (χ1n) is 8.23. The fourth-order valence-electron chi connectivity index (χ4n) is 2.19. The highest BCUT2D eigenvalue weighted by Gasteiger charge is 2.16. The van der Waals surface area contributed by atoms with Crippen LogP contribution < -0.4 is 10.1 Å². The Morgan fingerprint density at radius 2 is 1.97 bits per heavy atom. The minimum absolute atomic E-state index is 0. The third kappa shape index (κ3) is 6.78. The van der Waals surface area contributed by atoms with Crippen LogP contribution in [0.4, 0.5) is 0 Å². The van der Waals surface area contributed by atoms with Crippen LogP contribution in [-0.4, -0.2) is 41.6 Å². The van der Waals surface area contributed by atoms with Crippen molar-refractivity contribution in [2.45, 2.75) is 18.2 Å². The van der Waals surface area contributed by atoms with E-state index in [0.717, 1.165) is 16.2 Å². The second kappa shape index (κ2) is 11.9. The van der Waals surface area contributed by atoms with Crippen LogP contribution >= 0.6 is 47.1 Å². The number of hydrogen-bond donors (Lipinski definition) is 2. The molecule has 2 N–H and O–H groups in total. The third-order valence-corrected chi connectivity index (χ3v) is 5.75. The number of nitrogens with zero attached hydrogens (tertiary/aromatic N) is 2. The van der Waals surface area contributed by atoms with Gasteiger partial charge in [-0.2, -0.15) is 4.99 Å². The quantitative estimate of drug-likeness (QED) is 0.182. The Morgan fingerprint density at radius 3 is 2.55 bits per heavy atom. The lowest BCUT2D eigenvalue weighted by molar-refractivity contribution is -0.140. The number of hydrogen-bond acceptors (Lipinski definition) is 7. The number of rotatable bonds is 7. The monoisotopic (exact) mass is 548 g/mol. The third-order valence-electron chi connectivity index (χ3n) is 3.85. The molecule has 29 heavy (non-hydrogen) atoms. The summed E-state index contributed by atoms with van der Waals surface area (Å²) in [5, 5.41) is 9.73. The zero-order chi connectivity index (χ0) is 20.7. The number of esters is 1. The zero-order valence-corrected chi connectivity index (χ0v) is 20.0. The van der Waals surface area contributed by atoms with Gasteiger partial charge in [0.1, 0.15) is 4.88 Å². The molecule has 11 heteroatoms. The fraction of sp³-hybridized carbons (Fsp3) is 0.278. The van der Waals surface area contributed by atoms with Gasteiger partial charge in [0.25, 0.3) is 11.8 Å². The summed E-state index contributed by atoms with van der Waals surface area (Å²) in [6.07, 6.45) is 0.0841. The zero-order valence-electron chi connectivity index (χ0n) is 16.1. The van der Waals surface area contributed by atoms with Crippen molar-refractivity contribution in [1.29, 1.82) is 5.41 Å². The molecule has 8 nitrogen and oxygen atoms in total. The number of nitrogens with one attached hydrogen (secondary N) is 2. The van der Waals surface area contributed by atoms with Crippen LogP contribution in [0.3, 0.4) is 0 Å². The van der Waals surface area contributed by atoms with Gasteiger partial charge < -0.3 is 20.0 Å². The Labute approximate surface area is 193 Å². The number of benzene rings is 1. The summed E-state index contributed by atoms with van der Waals surface area (Å²) in [6.45, 7) is 1.93. The van der Waals surface area contributed by atoms with Gasteiger partial charge in [0.2, 0.25) is 0 Å². The molecule has 2 aromatic rings. The van der Waals surface area contributed by atoms with Crippen molar-refractivity contribution in [1.82, 2.24) is 9.88 Å². The van der Waals surface area contributed by atoms with E-state index in [1.807, 2.05) is 0 Å². The Morgan fingerprint density at radius 1 is 1.31 bits per heavy atom. The van der Waals surface area contributed by atoms with E-state index in [1.165, 1.54) is 24.4 Å². The number of thiazole rings is 1. The van der Waals surface area contributed by atoms with Crippen molar-refractivity contribution in [2.75, 3.05) is 13.7 Å². The summed E-state index contributed by atoms with van der Waals surface area (Å²) in [6, 6.07) is 6.80. The normalized spacial score (nSPS) is 10.8. The van der Waals surface area contributed by atoms with Crippen LogP contribution in [0, 0.1) is 12.3 Å². The van der Waals surface area contributed by atoms with E-state index < -0.39 is 11.9 Å². The predicted molar refractivity (Wildman–Crippen MR) is 123 cm³/mol. The maximum Gasteiger partial charge on any atom is 0.307 e. The molecule has 2 amide bonds. The van der Waals surface area contributed by atoms with Crippen molar-refractivity contribution in [2.24, 2.45) is 12.0 Å². The Balaban J connectivity index is 0.00000420. The first-order valence-corrected chi connectivity index (χ1v) is 9.93. The van der Waals surface area contributed by atoms with Gasteiger partial charge >= 0.3 is 5.97 Å². The molecular formula is C18H21IN4O4S2. The van der Waals surface area contributed by atoms with E-state index in [9.17, 15) is 14.4 Å².